The summed E-state index contributed by atoms with van der Waals surface area (Å²) in [7, 11) is 0. The molecule has 176 valence electrons. The van der Waals surface area contributed by atoms with Crippen molar-refractivity contribution in [3.8, 4) is 34.4 Å². The molecule has 7 heteroatoms. The molecule has 0 spiro atoms. The van der Waals surface area contributed by atoms with Crippen molar-refractivity contribution in [3.63, 3.8) is 0 Å². The minimum Gasteiger partial charge on any atom is -0.486 e. The number of carbonyl (C=O) groups is 1. The summed E-state index contributed by atoms with van der Waals surface area (Å²) in [6.45, 7) is 3.87. The van der Waals surface area contributed by atoms with Gasteiger partial charge in [0.25, 0.3) is 5.91 Å². The molecule has 3 heterocycles. The number of likely N-dealkylation sites (tertiary alicyclic amines) is 1. The van der Waals surface area contributed by atoms with Crippen LogP contribution in [-0.4, -0.2) is 40.8 Å². The van der Waals surface area contributed by atoms with Crippen LogP contribution in [0.15, 0.2) is 71.1 Å². The van der Waals surface area contributed by atoms with E-state index in [1.165, 1.54) is 5.56 Å². The smallest absolute Gasteiger partial charge is 0.254 e. The molecule has 7 nitrogen and oxygen atoms in total. The van der Waals surface area contributed by atoms with Gasteiger partial charge in [-0.05, 0) is 73.9 Å². The maximum Gasteiger partial charge on any atom is 0.254 e. The third-order valence-corrected chi connectivity index (χ3v) is 6.57. The Hall–Kier alpha value is -4.13. The molecular formula is C28H25N3O4. The van der Waals surface area contributed by atoms with E-state index >= 15 is 0 Å². The van der Waals surface area contributed by atoms with E-state index in [1.54, 1.807) is 0 Å². The summed E-state index contributed by atoms with van der Waals surface area (Å²) in [6, 6.07) is 21.3. The Morgan fingerprint density at radius 1 is 0.857 bits per heavy atom. The Labute approximate surface area is 203 Å². The van der Waals surface area contributed by atoms with Crippen molar-refractivity contribution in [3.05, 3.63) is 83.4 Å². The van der Waals surface area contributed by atoms with Gasteiger partial charge in [0, 0.05) is 23.2 Å². The molecule has 1 atom stereocenters. The molecule has 0 unspecified atom stereocenters. The third-order valence-electron chi connectivity index (χ3n) is 6.57. The second-order valence-electron chi connectivity index (χ2n) is 8.92. The van der Waals surface area contributed by atoms with Crippen molar-refractivity contribution in [1.82, 2.24) is 15.1 Å². The maximum absolute atomic E-state index is 13.4. The average molecular weight is 468 g/mol. The lowest BCUT2D eigenvalue weighted by molar-refractivity contribution is 0.0735. The van der Waals surface area contributed by atoms with Crippen LogP contribution in [0.3, 0.4) is 0 Å². The maximum atomic E-state index is 13.4. The predicted molar refractivity (Wildman–Crippen MR) is 130 cm³/mol. The number of carbonyl (C=O) groups excluding carboxylic acids is 1. The monoisotopic (exact) mass is 467 g/mol. The first-order valence-corrected chi connectivity index (χ1v) is 11.9. The van der Waals surface area contributed by atoms with E-state index in [9.17, 15) is 4.79 Å². The van der Waals surface area contributed by atoms with Gasteiger partial charge in [-0.1, -0.05) is 23.8 Å². The molecule has 0 N–H and O–H groups in total. The molecule has 0 saturated carbocycles. The fraction of sp³-hybridized carbons (Fsp3) is 0.250. The molecule has 4 aromatic rings. The number of fused-ring (bicyclic) bond motifs is 1. The van der Waals surface area contributed by atoms with Gasteiger partial charge in [0.1, 0.15) is 13.2 Å². The lowest BCUT2D eigenvalue weighted by atomic mass is 10.0. The van der Waals surface area contributed by atoms with Gasteiger partial charge < -0.3 is 18.8 Å². The van der Waals surface area contributed by atoms with E-state index in [0.29, 0.717) is 30.6 Å². The van der Waals surface area contributed by atoms with Crippen molar-refractivity contribution in [1.29, 1.82) is 0 Å². The quantitative estimate of drug-likeness (QED) is 0.397. The minimum absolute atomic E-state index is 0.0137. The molecule has 0 bridgehead atoms. The van der Waals surface area contributed by atoms with Crippen molar-refractivity contribution in [2.45, 2.75) is 25.8 Å². The number of aromatic nitrogens is 2. The van der Waals surface area contributed by atoms with Gasteiger partial charge >= 0.3 is 0 Å². The molecule has 2 aliphatic rings. The number of amides is 1. The highest BCUT2D eigenvalue weighted by atomic mass is 16.6. The summed E-state index contributed by atoms with van der Waals surface area (Å²) in [5.41, 5.74) is 4.53. The van der Waals surface area contributed by atoms with Crippen LogP contribution in [0.2, 0.25) is 0 Å². The highest BCUT2D eigenvalue weighted by molar-refractivity contribution is 5.95. The summed E-state index contributed by atoms with van der Waals surface area (Å²) in [6.07, 6.45) is 1.89. The van der Waals surface area contributed by atoms with E-state index < -0.39 is 0 Å². The Morgan fingerprint density at radius 2 is 1.51 bits per heavy atom. The summed E-state index contributed by atoms with van der Waals surface area (Å²) >= 11 is 0. The van der Waals surface area contributed by atoms with Crippen LogP contribution in [0.25, 0.3) is 22.9 Å². The van der Waals surface area contributed by atoms with E-state index in [2.05, 4.69) is 10.2 Å². The average Bonchev–Trinajstić information content (AvgIpc) is 3.59. The number of hydrogen-bond donors (Lipinski definition) is 0. The summed E-state index contributed by atoms with van der Waals surface area (Å²) in [5.74, 6) is 2.43. The molecular weight excluding hydrogens is 442 g/mol. The molecule has 1 saturated heterocycles. The first-order valence-electron chi connectivity index (χ1n) is 11.9. The zero-order chi connectivity index (χ0) is 23.8. The zero-order valence-corrected chi connectivity index (χ0v) is 19.4. The minimum atomic E-state index is 0.0137. The van der Waals surface area contributed by atoms with Crippen molar-refractivity contribution >= 4 is 5.91 Å². The summed E-state index contributed by atoms with van der Waals surface area (Å²) in [4.78, 5) is 15.3. The van der Waals surface area contributed by atoms with E-state index in [0.717, 1.165) is 47.6 Å². The lowest BCUT2D eigenvalue weighted by Crippen LogP contribution is -2.30. The van der Waals surface area contributed by atoms with Gasteiger partial charge in [-0.25, -0.2) is 0 Å². The Morgan fingerprint density at radius 3 is 2.23 bits per heavy atom. The van der Waals surface area contributed by atoms with Gasteiger partial charge in [0.2, 0.25) is 11.8 Å². The van der Waals surface area contributed by atoms with Gasteiger partial charge in [-0.3, -0.25) is 4.79 Å². The van der Waals surface area contributed by atoms with Crippen LogP contribution in [0.5, 0.6) is 11.5 Å². The largest absolute Gasteiger partial charge is 0.486 e. The predicted octanol–water partition coefficient (Wildman–Crippen LogP) is 5.46. The van der Waals surface area contributed by atoms with Gasteiger partial charge in [0.15, 0.2) is 11.5 Å². The summed E-state index contributed by atoms with van der Waals surface area (Å²) < 4.78 is 17.3. The highest BCUT2D eigenvalue weighted by Crippen LogP contribution is 2.38. The second-order valence-corrected chi connectivity index (χ2v) is 8.92. The Balaban J connectivity index is 1.20. The van der Waals surface area contributed by atoms with Crippen molar-refractivity contribution in [2.24, 2.45) is 0 Å². The van der Waals surface area contributed by atoms with Crippen LogP contribution < -0.4 is 9.47 Å². The molecule has 6 rings (SSSR count). The topological polar surface area (TPSA) is 77.7 Å². The van der Waals surface area contributed by atoms with E-state index in [4.69, 9.17) is 13.9 Å². The van der Waals surface area contributed by atoms with Crippen LogP contribution in [0.4, 0.5) is 0 Å². The Kier molecular flexibility index (Phi) is 5.45. The van der Waals surface area contributed by atoms with Gasteiger partial charge in [-0.15, -0.1) is 10.2 Å². The summed E-state index contributed by atoms with van der Waals surface area (Å²) in [5, 5.41) is 8.37. The van der Waals surface area contributed by atoms with Gasteiger partial charge in [-0.2, -0.15) is 0 Å². The lowest BCUT2D eigenvalue weighted by Gasteiger charge is -2.27. The highest BCUT2D eigenvalue weighted by Gasteiger charge is 2.31. The molecule has 1 aromatic heterocycles. The molecule has 0 radical (unpaired) electrons. The number of nitrogens with zero attached hydrogens (tertiary/aromatic N) is 3. The standard InChI is InChI=1S/C28H25N3O4/c1-18-4-6-19(7-5-18)26-29-30-27(35-26)20-8-10-21(11-9-20)28(32)31-14-2-3-23(31)22-12-13-24-25(17-22)34-16-15-33-24/h4-13,17,23H,2-3,14-16H2,1H3/t23-/m0/s1. The fourth-order valence-corrected chi connectivity index (χ4v) is 4.70. The third kappa shape index (κ3) is 4.14. The fourth-order valence-electron chi connectivity index (χ4n) is 4.70. The first-order chi connectivity index (χ1) is 17.2. The van der Waals surface area contributed by atoms with Gasteiger partial charge in [0.05, 0.1) is 6.04 Å². The normalized spacial score (nSPS) is 16.9. The molecule has 1 fully saturated rings. The van der Waals surface area contributed by atoms with Crippen LogP contribution in [0, 0.1) is 6.92 Å². The van der Waals surface area contributed by atoms with Crippen molar-refractivity contribution < 1.29 is 18.7 Å². The molecule has 1 amide bonds. The van der Waals surface area contributed by atoms with E-state index in [-0.39, 0.29) is 11.9 Å². The first kappa shape index (κ1) is 21.4. The number of hydrogen-bond acceptors (Lipinski definition) is 6. The van der Waals surface area contributed by atoms with Crippen LogP contribution in [0.1, 0.15) is 40.4 Å². The Bertz CT molecular complexity index is 1360. The SMILES string of the molecule is Cc1ccc(-c2nnc(-c3ccc(C(=O)N4CCC[C@H]4c4ccc5c(c4)OCCO5)cc3)o2)cc1. The number of ether oxygens (including phenoxy) is 2. The van der Waals surface area contributed by atoms with Crippen molar-refractivity contribution in [2.75, 3.05) is 19.8 Å². The van der Waals surface area contributed by atoms with E-state index in [1.807, 2.05) is 78.6 Å². The molecule has 3 aromatic carbocycles. The molecule has 35 heavy (non-hydrogen) atoms. The molecule has 0 aliphatic carbocycles. The van der Waals surface area contributed by atoms with Crippen LogP contribution >= 0.6 is 0 Å². The van der Waals surface area contributed by atoms with Crippen LogP contribution in [-0.2, 0) is 0 Å². The number of rotatable bonds is 4. The number of benzene rings is 3. The zero-order valence-electron chi connectivity index (χ0n) is 19.4. The molecule has 2 aliphatic heterocycles. The number of aryl methyl sites for hydroxylation is 1. The second kappa shape index (κ2) is 8.91.